The number of fused-ring (bicyclic) bond motifs is 1. The Labute approximate surface area is 176 Å². The van der Waals surface area contributed by atoms with Crippen molar-refractivity contribution in [3.63, 3.8) is 0 Å². The number of ketones is 1. The predicted octanol–water partition coefficient (Wildman–Crippen LogP) is 4.35. The van der Waals surface area contributed by atoms with Gasteiger partial charge in [0.25, 0.3) is 11.7 Å². The summed E-state index contributed by atoms with van der Waals surface area (Å²) in [6.45, 7) is 0. The number of benzene rings is 2. The molecular formula is C24H17FN2O4. The fourth-order valence-corrected chi connectivity index (χ4v) is 3.31. The van der Waals surface area contributed by atoms with E-state index in [2.05, 4.69) is 10.1 Å². The molecule has 0 aliphatic rings. The highest BCUT2D eigenvalue weighted by Gasteiger charge is 2.25. The van der Waals surface area contributed by atoms with Crippen molar-refractivity contribution in [3.05, 3.63) is 96.1 Å². The number of anilines is 1. The molecule has 0 saturated heterocycles. The van der Waals surface area contributed by atoms with E-state index < -0.39 is 23.5 Å². The maximum absolute atomic E-state index is 13.4. The van der Waals surface area contributed by atoms with Gasteiger partial charge in [-0.25, -0.2) is 9.18 Å². The molecule has 31 heavy (non-hydrogen) atoms. The second-order valence-corrected chi connectivity index (χ2v) is 6.76. The van der Waals surface area contributed by atoms with Gasteiger partial charge in [-0.1, -0.05) is 18.2 Å². The molecule has 7 heteroatoms. The number of rotatable bonds is 5. The van der Waals surface area contributed by atoms with Crippen LogP contribution in [0.25, 0.3) is 16.6 Å². The standard InChI is InChI=1S/C24H17FN2O4/c1-31-24(30)16-7-11-18(12-8-16)26-23(29)22(28)21-20(15-5-9-17(25)10-6-15)14-19-4-2-3-13-27(19)21/h2-14H,1H3,(H,26,29). The average molecular weight is 416 g/mol. The summed E-state index contributed by atoms with van der Waals surface area (Å²) in [5, 5.41) is 2.55. The van der Waals surface area contributed by atoms with Gasteiger partial charge in [-0.2, -0.15) is 0 Å². The lowest BCUT2D eigenvalue weighted by Crippen LogP contribution is -2.24. The van der Waals surface area contributed by atoms with Crippen LogP contribution in [-0.2, 0) is 9.53 Å². The third-order valence-corrected chi connectivity index (χ3v) is 4.82. The van der Waals surface area contributed by atoms with Gasteiger partial charge in [0.15, 0.2) is 0 Å². The largest absolute Gasteiger partial charge is 0.465 e. The van der Waals surface area contributed by atoms with Crippen LogP contribution in [0.3, 0.4) is 0 Å². The lowest BCUT2D eigenvalue weighted by atomic mass is 10.0. The molecule has 0 unspecified atom stereocenters. The van der Waals surface area contributed by atoms with Crippen molar-refractivity contribution >= 4 is 28.9 Å². The second kappa shape index (κ2) is 8.23. The summed E-state index contributed by atoms with van der Waals surface area (Å²) in [5.41, 5.74) is 2.71. The van der Waals surface area contributed by atoms with Crippen LogP contribution < -0.4 is 5.32 Å². The van der Waals surface area contributed by atoms with Crippen LogP contribution >= 0.6 is 0 Å². The number of ether oxygens (including phenoxy) is 1. The molecular weight excluding hydrogens is 399 g/mol. The van der Waals surface area contributed by atoms with Gasteiger partial charge in [-0.05, 0) is 60.2 Å². The van der Waals surface area contributed by atoms with E-state index in [0.717, 1.165) is 5.52 Å². The molecule has 2 heterocycles. The number of amides is 1. The van der Waals surface area contributed by atoms with Crippen LogP contribution in [0.5, 0.6) is 0 Å². The lowest BCUT2D eigenvalue weighted by molar-refractivity contribution is -0.112. The molecule has 2 aromatic carbocycles. The van der Waals surface area contributed by atoms with E-state index in [0.29, 0.717) is 22.4 Å². The molecule has 4 aromatic rings. The number of hydrogen-bond donors (Lipinski definition) is 1. The summed E-state index contributed by atoms with van der Waals surface area (Å²) < 4.78 is 19.6. The van der Waals surface area contributed by atoms with Gasteiger partial charge < -0.3 is 14.5 Å². The van der Waals surface area contributed by atoms with E-state index in [4.69, 9.17) is 0 Å². The maximum Gasteiger partial charge on any atom is 0.337 e. The Bertz CT molecular complexity index is 1290. The van der Waals surface area contributed by atoms with E-state index in [1.165, 1.54) is 43.5 Å². The van der Waals surface area contributed by atoms with E-state index in [1.807, 2.05) is 12.1 Å². The minimum absolute atomic E-state index is 0.172. The lowest BCUT2D eigenvalue weighted by Gasteiger charge is -2.08. The predicted molar refractivity (Wildman–Crippen MR) is 114 cm³/mol. The first-order chi connectivity index (χ1) is 15.0. The van der Waals surface area contributed by atoms with E-state index in [9.17, 15) is 18.8 Å². The van der Waals surface area contributed by atoms with Crippen molar-refractivity contribution in [2.45, 2.75) is 0 Å². The van der Waals surface area contributed by atoms with Crippen molar-refractivity contribution in [2.24, 2.45) is 0 Å². The highest BCUT2D eigenvalue weighted by atomic mass is 19.1. The molecule has 6 nitrogen and oxygen atoms in total. The Morgan fingerprint density at radius 1 is 0.935 bits per heavy atom. The van der Waals surface area contributed by atoms with Crippen molar-refractivity contribution in [2.75, 3.05) is 12.4 Å². The molecule has 0 aliphatic heterocycles. The highest BCUT2D eigenvalue weighted by molar-refractivity contribution is 6.47. The number of nitrogens with zero attached hydrogens (tertiary/aromatic N) is 1. The smallest absolute Gasteiger partial charge is 0.337 e. The van der Waals surface area contributed by atoms with Crippen LogP contribution in [0.1, 0.15) is 20.8 Å². The number of carbonyl (C=O) groups is 3. The summed E-state index contributed by atoms with van der Waals surface area (Å²) >= 11 is 0. The second-order valence-electron chi connectivity index (χ2n) is 6.76. The Hall–Kier alpha value is -4.26. The van der Waals surface area contributed by atoms with E-state index in [1.54, 1.807) is 34.9 Å². The van der Waals surface area contributed by atoms with Crippen molar-refractivity contribution in [1.29, 1.82) is 0 Å². The van der Waals surface area contributed by atoms with Crippen molar-refractivity contribution in [1.82, 2.24) is 4.40 Å². The van der Waals surface area contributed by atoms with Crippen molar-refractivity contribution in [3.8, 4) is 11.1 Å². The van der Waals surface area contributed by atoms with Crippen LogP contribution in [0.15, 0.2) is 79.0 Å². The van der Waals surface area contributed by atoms with E-state index >= 15 is 0 Å². The number of nitrogens with one attached hydrogen (secondary N) is 1. The zero-order chi connectivity index (χ0) is 22.0. The molecule has 0 spiro atoms. The van der Waals surface area contributed by atoms with Gasteiger partial charge in [0.05, 0.1) is 12.7 Å². The molecule has 0 saturated carbocycles. The number of aromatic nitrogens is 1. The van der Waals surface area contributed by atoms with Crippen molar-refractivity contribution < 1.29 is 23.5 Å². The Morgan fingerprint density at radius 2 is 1.65 bits per heavy atom. The van der Waals surface area contributed by atoms with Crippen LogP contribution in [-0.4, -0.2) is 29.2 Å². The Morgan fingerprint density at radius 3 is 2.32 bits per heavy atom. The zero-order valence-corrected chi connectivity index (χ0v) is 16.5. The van der Waals surface area contributed by atoms with Gasteiger partial charge >= 0.3 is 5.97 Å². The summed E-state index contributed by atoms with van der Waals surface area (Å²) in [6, 6.07) is 18.9. The highest BCUT2D eigenvalue weighted by Crippen LogP contribution is 2.29. The van der Waals surface area contributed by atoms with Gasteiger partial charge in [-0.15, -0.1) is 0 Å². The zero-order valence-electron chi connectivity index (χ0n) is 16.5. The topological polar surface area (TPSA) is 76.9 Å². The van der Waals surface area contributed by atoms with Crippen LogP contribution in [0, 0.1) is 5.82 Å². The first-order valence-electron chi connectivity index (χ1n) is 9.38. The third kappa shape index (κ3) is 3.93. The third-order valence-electron chi connectivity index (χ3n) is 4.82. The number of halogens is 1. The van der Waals surface area contributed by atoms with Gasteiger partial charge in [0.2, 0.25) is 0 Å². The molecule has 154 valence electrons. The molecule has 0 atom stereocenters. The van der Waals surface area contributed by atoms with Gasteiger partial charge in [0, 0.05) is 23.0 Å². The number of Topliss-reactive ketones (excluding diaryl/α,β-unsaturated/α-hetero) is 1. The average Bonchev–Trinajstić information content (AvgIpc) is 3.18. The summed E-state index contributed by atoms with van der Waals surface area (Å²) in [6.07, 6.45) is 1.69. The molecule has 0 fully saturated rings. The van der Waals surface area contributed by atoms with Crippen LogP contribution in [0.4, 0.5) is 10.1 Å². The monoisotopic (exact) mass is 416 g/mol. The number of hydrogen-bond acceptors (Lipinski definition) is 4. The first-order valence-corrected chi connectivity index (χ1v) is 9.38. The minimum atomic E-state index is -0.835. The number of methoxy groups -OCH3 is 1. The van der Waals surface area contributed by atoms with Gasteiger partial charge in [0.1, 0.15) is 11.5 Å². The van der Waals surface area contributed by atoms with Crippen LogP contribution in [0.2, 0.25) is 0 Å². The maximum atomic E-state index is 13.4. The summed E-state index contributed by atoms with van der Waals surface area (Å²) in [4.78, 5) is 37.4. The fraction of sp³-hybridized carbons (Fsp3) is 0.0417. The Balaban J connectivity index is 1.68. The number of esters is 1. The molecule has 0 aliphatic carbocycles. The van der Waals surface area contributed by atoms with Gasteiger partial charge in [-0.3, -0.25) is 9.59 Å². The molecule has 0 bridgehead atoms. The summed E-state index contributed by atoms with van der Waals surface area (Å²) in [5.74, 6) is -2.48. The SMILES string of the molecule is COC(=O)c1ccc(NC(=O)C(=O)c2c(-c3ccc(F)cc3)cc3ccccn23)cc1. The quantitative estimate of drug-likeness (QED) is 0.298. The summed E-state index contributed by atoms with van der Waals surface area (Å²) in [7, 11) is 1.28. The number of carbonyl (C=O) groups excluding carboxylic acids is 3. The molecule has 2 aromatic heterocycles. The number of pyridine rings is 1. The molecule has 0 radical (unpaired) electrons. The molecule has 4 rings (SSSR count). The van der Waals surface area contributed by atoms with E-state index in [-0.39, 0.29) is 5.69 Å². The first kappa shape index (κ1) is 20.0. The molecule has 1 amide bonds. The fourth-order valence-electron chi connectivity index (χ4n) is 3.31. The minimum Gasteiger partial charge on any atom is -0.465 e. The Kier molecular flexibility index (Phi) is 5.32. The normalized spacial score (nSPS) is 10.6. The molecule has 1 N–H and O–H groups in total.